The Balaban J connectivity index is 1.50. The number of carbonyl (C=O) groups excluding carboxylic acids is 2. The molecule has 3 rings (SSSR count). The van der Waals surface area contributed by atoms with Gasteiger partial charge in [0.15, 0.2) is 0 Å². The standard InChI is InChI=1S/C20H21F2N3O3/c1-28-18-5-2-13(11-23-18)12-24-19(26)14-6-8-25(9-7-14)20(27)16-4-3-15(21)10-17(16)22/h2-5,10-11,14H,6-9,12H2,1H3,(H,24,26). The summed E-state index contributed by atoms with van der Waals surface area (Å²) in [6.45, 7) is 1.05. The third-order valence-corrected chi connectivity index (χ3v) is 4.79. The molecule has 2 heterocycles. The Hall–Kier alpha value is -3.03. The van der Waals surface area contributed by atoms with Gasteiger partial charge in [0.1, 0.15) is 11.6 Å². The lowest BCUT2D eigenvalue weighted by Crippen LogP contribution is -2.43. The van der Waals surface area contributed by atoms with Crippen molar-refractivity contribution in [3.05, 3.63) is 59.3 Å². The maximum absolute atomic E-state index is 13.8. The normalized spacial score (nSPS) is 14.6. The maximum atomic E-state index is 13.8. The monoisotopic (exact) mass is 389 g/mol. The van der Waals surface area contributed by atoms with Crippen LogP contribution in [0.25, 0.3) is 0 Å². The Morgan fingerprint density at radius 1 is 1.21 bits per heavy atom. The molecular weight excluding hydrogens is 368 g/mol. The molecule has 1 saturated heterocycles. The van der Waals surface area contributed by atoms with Crippen LogP contribution in [0.3, 0.4) is 0 Å². The zero-order valence-electron chi connectivity index (χ0n) is 15.5. The van der Waals surface area contributed by atoms with Gasteiger partial charge in [0.2, 0.25) is 11.8 Å². The van der Waals surface area contributed by atoms with Gasteiger partial charge in [-0.3, -0.25) is 9.59 Å². The van der Waals surface area contributed by atoms with Crippen molar-refractivity contribution in [3.63, 3.8) is 0 Å². The fourth-order valence-corrected chi connectivity index (χ4v) is 3.15. The van der Waals surface area contributed by atoms with Crippen molar-refractivity contribution in [1.29, 1.82) is 0 Å². The van der Waals surface area contributed by atoms with Gasteiger partial charge in [0.05, 0.1) is 12.7 Å². The number of hydrogen-bond acceptors (Lipinski definition) is 4. The number of nitrogens with one attached hydrogen (secondary N) is 1. The summed E-state index contributed by atoms with van der Waals surface area (Å²) in [6.07, 6.45) is 2.61. The largest absolute Gasteiger partial charge is 0.481 e. The summed E-state index contributed by atoms with van der Waals surface area (Å²) in [5.41, 5.74) is 0.699. The average Bonchev–Trinajstić information content (AvgIpc) is 2.72. The van der Waals surface area contributed by atoms with Crippen LogP contribution in [0.5, 0.6) is 5.88 Å². The fourth-order valence-electron chi connectivity index (χ4n) is 3.15. The Morgan fingerprint density at radius 3 is 2.57 bits per heavy atom. The highest BCUT2D eigenvalue weighted by molar-refractivity contribution is 5.94. The van der Waals surface area contributed by atoms with E-state index in [2.05, 4.69) is 10.3 Å². The predicted molar refractivity (Wildman–Crippen MR) is 97.6 cm³/mol. The van der Waals surface area contributed by atoms with Crippen LogP contribution >= 0.6 is 0 Å². The van der Waals surface area contributed by atoms with Crippen molar-refractivity contribution in [2.45, 2.75) is 19.4 Å². The second-order valence-corrected chi connectivity index (χ2v) is 6.62. The highest BCUT2D eigenvalue weighted by atomic mass is 19.1. The fraction of sp³-hybridized carbons (Fsp3) is 0.350. The molecule has 1 fully saturated rings. The van der Waals surface area contributed by atoms with Crippen molar-refractivity contribution >= 4 is 11.8 Å². The van der Waals surface area contributed by atoms with Gasteiger partial charge in [-0.2, -0.15) is 0 Å². The topological polar surface area (TPSA) is 71.5 Å². The van der Waals surface area contributed by atoms with Crippen LogP contribution in [0.4, 0.5) is 8.78 Å². The molecule has 1 aliphatic rings. The van der Waals surface area contributed by atoms with E-state index >= 15 is 0 Å². The lowest BCUT2D eigenvalue weighted by molar-refractivity contribution is -0.126. The third kappa shape index (κ3) is 4.62. The highest BCUT2D eigenvalue weighted by Crippen LogP contribution is 2.21. The number of ether oxygens (including phenoxy) is 1. The molecule has 8 heteroatoms. The maximum Gasteiger partial charge on any atom is 0.256 e. The smallest absolute Gasteiger partial charge is 0.256 e. The van der Waals surface area contributed by atoms with Crippen molar-refractivity contribution in [2.24, 2.45) is 5.92 Å². The van der Waals surface area contributed by atoms with Crippen molar-refractivity contribution in [1.82, 2.24) is 15.2 Å². The first kappa shape index (κ1) is 19.7. The summed E-state index contributed by atoms with van der Waals surface area (Å²) in [4.78, 5) is 30.4. The summed E-state index contributed by atoms with van der Waals surface area (Å²) in [7, 11) is 1.53. The van der Waals surface area contributed by atoms with Crippen molar-refractivity contribution in [3.8, 4) is 5.88 Å². The second kappa shape index (κ2) is 8.77. The first-order valence-corrected chi connectivity index (χ1v) is 8.99. The number of nitrogens with zero attached hydrogens (tertiary/aromatic N) is 2. The van der Waals surface area contributed by atoms with Crippen molar-refractivity contribution < 1.29 is 23.1 Å². The predicted octanol–water partition coefficient (Wildman–Crippen LogP) is 2.54. The highest BCUT2D eigenvalue weighted by Gasteiger charge is 2.28. The van der Waals surface area contributed by atoms with Gasteiger partial charge in [0, 0.05) is 43.9 Å². The number of halogens is 2. The number of amides is 2. The minimum Gasteiger partial charge on any atom is -0.481 e. The molecule has 1 aromatic carbocycles. The minimum atomic E-state index is -0.877. The molecule has 0 spiro atoms. The summed E-state index contributed by atoms with van der Waals surface area (Å²) in [5.74, 6) is -1.89. The van der Waals surface area contributed by atoms with Gasteiger partial charge in [-0.25, -0.2) is 13.8 Å². The molecule has 0 radical (unpaired) electrons. The van der Waals surface area contributed by atoms with Crippen LogP contribution in [0, 0.1) is 17.6 Å². The molecule has 6 nitrogen and oxygen atoms in total. The number of methoxy groups -OCH3 is 1. The number of piperidine rings is 1. The number of benzene rings is 1. The minimum absolute atomic E-state index is 0.0871. The molecule has 0 aliphatic carbocycles. The second-order valence-electron chi connectivity index (χ2n) is 6.62. The van der Waals surface area contributed by atoms with Gasteiger partial charge >= 0.3 is 0 Å². The molecule has 2 aromatic rings. The zero-order valence-corrected chi connectivity index (χ0v) is 15.5. The van der Waals surface area contributed by atoms with Gasteiger partial charge in [-0.1, -0.05) is 6.07 Å². The van der Waals surface area contributed by atoms with Crippen LogP contribution in [-0.4, -0.2) is 41.9 Å². The van der Waals surface area contributed by atoms with E-state index < -0.39 is 17.5 Å². The Morgan fingerprint density at radius 2 is 1.96 bits per heavy atom. The van der Waals surface area contributed by atoms with E-state index in [4.69, 9.17) is 4.74 Å². The number of aromatic nitrogens is 1. The van der Waals surface area contributed by atoms with Crippen LogP contribution in [0.1, 0.15) is 28.8 Å². The first-order chi connectivity index (χ1) is 13.5. The number of likely N-dealkylation sites (tertiary alicyclic amines) is 1. The van der Waals surface area contributed by atoms with Crippen LogP contribution in [0.2, 0.25) is 0 Å². The number of pyridine rings is 1. The van der Waals surface area contributed by atoms with E-state index in [9.17, 15) is 18.4 Å². The quantitative estimate of drug-likeness (QED) is 0.853. The molecule has 2 amide bonds. The number of rotatable bonds is 5. The molecule has 148 valence electrons. The molecule has 0 atom stereocenters. The van der Waals surface area contributed by atoms with Crippen LogP contribution in [-0.2, 0) is 11.3 Å². The Bertz CT molecular complexity index is 850. The third-order valence-electron chi connectivity index (χ3n) is 4.79. The lowest BCUT2D eigenvalue weighted by Gasteiger charge is -2.31. The van der Waals surface area contributed by atoms with Gasteiger partial charge in [-0.15, -0.1) is 0 Å². The molecule has 1 aromatic heterocycles. The van der Waals surface area contributed by atoms with Crippen LogP contribution in [0.15, 0.2) is 36.5 Å². The lowest BCUT2D eigenvalue weighted by atomic mass is 9.95. The van der Waals surface area contributed by atoms with Gasteiger partial charge < -0.3 is 15.0 Å². The van der Waals surface area contributed by atoms with E-state index in [-0.39, 0.29) is 17.4 Å². The SMILES string of the molecule is COc1ccc(CNC(=O)C2CCN(C(=O)c3ccc(F)cc3F)CC2)cn1. The van der Waals surface area contributed by atoms with Crippen molar-refractivity contribution in [2.75, 3.05) is 20.2 Å². The average molecular weight is 389 g/mol. The molecule has 28 heavy (non-hydrogen) atoms. The van der Waals surface area contributed by atoms with Gasteiger partial charge in [0.25, 0.3) is 5.91 Å². The molecular formula is C20H21F2N3O3. The summed E-state index contributed by atoms with van der Waals surface area (Å²) in [6, 6.07) is 6.45. The number of carbonyl (C=O) groups is 2. The molecule has 0 bridgehead atoms. The van der Waals surface area contributed by atoms with E-state index in [1.54, 1.807) is 12.3 Å². The first-order valence-electron chi connectivity index (χ1n) is 8.99. The van der Waals surface area contributed by atoms with E-state index in [1.807, 2.05) is 6.07 Å². The van der Waals surface area contributed by atoms with E-state index in [0.717, 1.165) is 17.7 Å². The summed E-state index contributed by atoms with van der Waals surface area (Å²) in [5, 5.41) is 2.87. The van der Waals surface area contributed by atoms with E-state index in [1.165, 1.54) is 12.0 Å². The Kier molecular flexibility index (Phi) is 6.18. The summed E-state index contributed by atoms with van der Waals surface area (Å²) >= 11 is 0. The molecule has 0 saturated carbocycles. The van der Waals surface area contributed by atoms with E-state index in [0.29, 0.717) is 44.4 Å². The zero-order chi connectivity index (χ0) is 20.1. The Labute approximate surface area is 161 Å². The molecule has 0 unspecified atom stereocenters. The molecule has 1 N–H and O–H groups in total. The summed E-state index contributed by atoms with van der Waals surface area (Å²) < 4.78 is 31.8. The van der Waals surface area contributed by atoms with Crippen LogP contribution < -0.4 is 10.1 Å². The van der Waals surface area contributed by atoms with Gasteiger partial charge in [-0.05, 0) is 30.5 Å². The number of hydrogen-bond donors (Lipinski definition) is 1. The molecule has 1 aliphatic heterocycles.